The molecule has 0 radical (unpaired) electrons. The first-order valence-electron chi connectivity index (χ1n) is 5.89. The molecule has 2 rings (SSSR count). The maximum atomic E-state index is 10.8. The molecule has 102 valence electrons. The summed E-state index contributed by atoms with van der Waals surface area (Å²) in [7, 11) is 0. The largest absolute Gasteiger partial charge is 0.478 e. The van der Waals surface area contributed by atoms with Crippen LogP contribution in [0.2, 0.25) is 0 Å². The van der Waals surface area contributed by atoms with Gasteiger partial charge in [-0.05, 0) is 19.9 Å². The van der Waals surface area contributed by atoms with Crippen molar-refractivity contribution in [2.75, 3.05) is 6.54 Å². The number of rotatable bonds is 6. The number of aromatic nitrogens is 2. The van der Waals surface area contributed by atoms with Gasteiger partial charge in [0.25, 0.3) is 0 Å². The summed E-state index contributed by atoms with van der Waals surface area (Å²) in [6.07, 6.45) is 0.617. The van der Waals surface area contributed by atoms with Gasteiger partial charge in [0.1, 0.15) is 17.1 Å². The summed E-state index contributed by atoms with van der Waals surface area (Å²) in [5.41, 5.74) is 0.198. The Hall–Kier alpha value is -2.15. The second-order valence-electron chi connectivity index (χ2n) is 4.15. The van der Waals surface area contributed by atoms with E-state index < -0.39 is 5.97 Å². The summed E-state index contributed by atoms with van der Waals surface area (Å²) in [5.74, 6) is 1.22. The van der Waals surface area contributed by atoms with Crippen molar-refractivity contribution in [1.82, 2.24) is 15.5 Å². The molecule has 2 heterocycles. The highest BCUT2D eigenvalue weighted by molar-refractivity contribution is 5.88. The Kier molecular flexibility index (Phi) is 3.96. The van der Waals surface area contributed by atoms with Gasteiger partial charge in [0.15, 0.2) is 5.82 Å². The van der Waals surface area contributed by atoms with Gasteiger partial charge in [0.2, 0.25) is 5.89 Å². The quantitative estimate of drug-likeness (QED) is 0.759. The molecule has 0 aliphatic carbocycles. The summed E-state index contributed by atoms with van der Waals surface area (Å²) in [5, 5.41) is 15.7. The van der Waals surface area contributed by atoms with E-state index in [1.54, 1.807) is 13.8 Å². The summed E-state index contributed by atoms with van der Waals surface area (Å²) < 4.78 is 10.3. The molecule has 0 aliphatic rings. The number of aromatic carboxylic acids is 1. The van der Waals surface area contributed by atoms with E-state index in [9.17, 15) is 4.79 Å². The number of carboxylic acid groups (broad SMARTS) is 1. The molecule has 2 aromatic rings. The second kappa shape index (κ2) is 5.66. The van der Waals surface area contributed by atoms with Crippen molar-refractivity contribution < 1.29 is 18.8 Å². The smallest absolute Gasteiger partial charge is 0.339 e. The van der Waals surface area contributed by atoms with E-state index in [4.69, 9.17) is 14.0 Å². The number of hydrogen-bond donors (Lipinski definition) is 2. The number of nitrogens with one attached hydrogen (secondary N) is 1. The molecule has 2 aromatic heterocycles. The lowest BCUT2D eigenvalue weighted by atomic mass is 10.2. The van der Waals surface area contributed by atoms with Crippen LogP contribution in [0.25, 0.3) is 0 Å². The molecule has 7 nitrogen and oxygen atoms in total. The number of aryl methyl sites for hydroxylation is 2. The van der Waals surface area contributed by atoms with Gasteiger partial charge in [-0.15, -0.1) is 0 Å². The van der Waals surface area contributed by atoms with Crippen LogP contribution in [0, 0.1) is 13.8 Å². The second-order valence-corrected chi connectivity index (χ2v) is 4.15. The van der Waals surface area contributed by atoms with Crippen LogP contribution >= 0.6 is 0 Å². The molecule has 0 atom stereocenters. The van der Waals surface area contributed by atoms with Gasteiger partial charge in [-0.25, -0.2) is 4.79 Å². The van der Waals surface area contributed by atoms with Gasteiger partial charge in [-0.3, -0.25) is 0 Å². The van der Waals surface area contributed by atoms with E-state index in [0.717, 1.165) is 0 Å². The molecule has 0 aromatic carbocycles. The first-order chi connectivity index (χ1) is 9.06. The minimum atomic E-state index is -0.978. The van der Waals surface area contributed by atoms with Crippen LogP contribution in [0.15, 0.2) is 15.0 Å². The minimum Gasteiger partial charge on any atom is -0.478 e. The van der Waals surface area contributed by atoms with E-state index in [2.05, 4.69) is 15.5 Å². The van der Waals surface area contributed by atoms with Crippen molar-refractivity contribution in [2.24, 2.45) is 0 Å². The predicted octanol–water partition coefficient (Wildman–Crippen LogP) is 1.31. The number of hydrogen-bond acceptors (Lipinski definition) is 6. The fourth-order valence-electron chi connectivity index (χ4n) is 1.69. The normalized spacial score (nSPS) is 10.8. The molecule has 0 fully saturated rings. The van der Waals surface area contributed by atoms with E-state index in [-0.39, 0.29) is 5.56 Å². The Balaban J connectivity index is 1.79. The molecule has 0 unspecified atom stereocenters. The van der Waals surface area contributed by atoms with Crippen molar-refractivity contribution in [1.29, 1.82) is 0 Å². The van der Waals surface area contributed by atoms with Gasteiger partial charge in [0.05, 0.1) is 6.54 Å². The van der Waals surface area contributed by atoms with Crippen LogP contribution in [0.5, 0.6) is 0 Å². The summed E-state index contributed by atoms with van der Waals surface area (Å²) >= 11 is 0. The molecule has 19 heavy (non-hydrogen) atoms. The van der Waals surface area contributed by atoms with Crippen LogP contribution in [0.1, 0.15) is 33.6 Å². The van der Waals surface area contributed by atoms with Gasteiger partial charge in [-0.1, -0.05) is 5.16 Å². The number of nitrogens with zero attached hydrogens (tertiary/aromatic N) is 2. The lowest BCUT2D eigenvalue weighted by molar-refractivity contribution is 0.0695. The van der Waals surface area contributed by atoms with Gasteiger partial charge >= 0.3 is 5.97 Å². The van der Waals surface area contributed by atoms with Crippen molar-refractivity contribution in [3.8, 4) is 0 Å². The lowest BCUT2D eigenvalue weighted by Crippen LogP contribution is -2.16. The van der Waals surface area contributed by atoms with Crippen molar-refractivity contribution in [3.05, 3.63) is 34.9 Å². The van der Waals surface area contributed by atoms with E-state index in [1.165, 1.54) is 6.07 Å². The zero-order valence-electron chi connectivity index (χ0n) is 10.8. The minimum absolute atomic E-state index is 0.198. The summed E-state index contributed by atoms with van der Waals surface area (Å²) in [4.78, 5) is 14.9. The van der Waals surface area contributed by atoms with Crippen molar-refractivity contribution in [3.63, 3.8) is 0 Å². The highest BCUT2D eigenvalue weighted by Crippen LogP contribution is 2.14. The van der Waals surface area contributed by atoms with Gasteiger partial charge in [0, 0.05) is 13.0 Å². The first-order valence-corrected chi connectivity index (χ1v) is 5.89. The topological polar surface area (TPSA) is 101 Å². The third-order valence-electron chi connectivity index (χ3n) is 2.58. The monoisotopic (exact) mass is 265 g/mol. The zero-order valence-corrected chi connectivity index (χ0v) is 10.8. The maximum Gasteiger partial charge on any atom is 0.339 e. The molecule has 0 saturated heterocycles. The fraction of sp³-hybridized carbons (Fsp3) is 0.417. The SMILES string of the molecule is Cc1noc(CCNCc2cc(C(=O)O)c(C)o2)n1. The van der Waals surface area contributed by atoms with E-state index >= 15 is 0 Å². The average Bonchev–Trinajstić information content (AvgIpc) is 2.91. The van der Waals surface area contributed by atoms with E-state index in [0.29, 0.717) is 42.7 Å². The molecular weight excluding hydrogens is 250 g/mol. The highest BCUT2D eigenvalue weighted by atomic mass is 16.5. The fourth-order valence-corrected chi connectivity index (χ4v) is 1.69. The molecule has 2 N–H and O–H groups in total. The average molecular weight is 265 g/mol. The Morgan fingerprint density at radius 1 is 1.47 bits per heavy atom. The molecular formula is C12H15N3O4. The van der Waals surface area contributed by atoms with Crippen LogP contribution in [0.3, 0.4) is 0 Å². The lowest BCUT2D eigenvalue weighted by Gasteiger charge is -1.99. The van der Waals surface area contributed by atoms with Gasteiger partial charge < -0.3 is 19.4 Å². The summed E-state index contributed by atoms with van der Waals surface area (Å²) in [6.45, 7) is 4.50. The van der Waals surface area contributed by atoms with Crippen LogP contribution < -0.4 is 5.32 Å². The molecule has 0 amide bonds. The zero-order chi connectivity index (χ0) is 13.8. The number of furan rings is 1. The number of carbonyl (C=O) groups is 1. The first kappa shape index (κ1) is 13.3. The highest BCUT2D eigenvalue weighted by Gasteiger charge is 2.13. The Morgan fingerprint density at radius 3 is 2.84 bits per heavy atom. The number of carboxylic acids is 1. The van der Waals surface area contributed by atoms with Crippen LogP contribution in [0.4, 0.5) is 0 Å². The summed E-state index contributed by atoms with van der Waals surface area (Å²) in [6, 6.07) is 1.53. The van der Waals surface area contributed by atoms with Gasteiger partial charge in [-0.2, -0.15) is 4.98 Å². The Morgan fingerprint density at radius 2 is 2.26 bits per heavy atom. The van der Waals surface area contributed by atoms with E-state index in [1.807, 2.05) is 0 Å². The molecule has 0 bridgehead atoms. The predicted molar refractivity (Wildman–Crippen MR) is 64.9 cm³/mol. The molecule has 0 spiro atoms. The molecule has 7 heteroatoms. The Labute approximate surface area is 109 Å². The standard InChI is InChI=1S/C12H15N3O4/c1-7-10(12(16)17)5-9(18-7)6-13-4-3-11-14-8(2)15-19-11/h5,13H,3-4,6H2,1-2H3,(H,16,17). The maximum absolute atomic E-state index is 10.8. The van der Waals surface area contributed by atoms with Crippen molar-refractivity contribution in [2.45, 2.75) is 26.8 Å². The van der Waals surface area contributed by atoms with Crippen LogP contribution in [-0.2, 0) is 13.0 Å². The molecule has 0 saturated carbocycles. The van der Waals surface area contributed by atoms with Crippen LogP contribution in [-0.4, -0.2) is 27.8 Å². The third kappa shape index (κ3) is 3.41. The third-order valence-corrected chi connectivity index (χ3v) is 2.58. The van der Waals surface area contributed by atoms with Crippen molar-refractivity contribution >= 4 is 5.97 Å². The molecule has 0 aliphatic heterocycles. The Bertz CT molecular complexity index is 573.